The molecule has 1 heterocycles. The first-order valence-electron chi connectivity index (χ1n) is 8.87. The van der Waals surface area contributed by atoms with Crippen molar-refractivity contribution in [3.05, 3.63) is 102 Å². The SMILES string of the molecule is C[P+]1(c2ccccc2)C(c2ccccc2)=C1c1ccccc1.O=S(=O)([O-])C(F)(F)F. The number of benzene rings is 3. The number of hydrogen-bond acceptors (Lipinski definition) is 3. The minimum atomic E-state index is -6.09. The average molecular weight is 450 g/mol. The third-order valence-corrected chi connectivity index (χ3v) is 9.15. The lowest BCUT2D eigenvalue weighted by molar-refractivity contribution is -0.0517. The molecule has 0 bridgehead atoms. The fourth-order valence-electron chi connectivity index (χ4n) is 3.29. The lowest BCUT2D eigenvalue weighted by Crippen LogP contribution is -2.21. The fraction of sp³-hybridized carbons (Fsp3) is 0.0909. The van der Waals surface area contributed by atoms with Crippen molar-refractivity contribution in [1.82, 2.24) is 0 Å². The Labute approximate surface area is 174 Å². The van der Waals surface area contributed by atoms with E-state index in [1.807, 2.05) is 0 Å². The van der Waals surface area contributed by atoms with Gasteiger partial charge in [0.1, 0.15) is 12.6 Å². The number of hydrogen-bond donors (Lipinski definition) is 0. The zero-order valence-electron chi connectivity index (χ0n) is 15.9. The fourth-order valence-corrected chi connectivity index (χ4v) is 7.27. The molecule has 30 heavy (non-hydrogen) atoms. The molecule has 0 amide bonds. The minimum absolute atomic E-state index is 1.35. The van der Waals surface area contributed by atoms with E-state index in [1.54, 1.807) is 10.6 Å². The summed E-state index contributed by atoms with van der Waals surface area (Å²) in [6.07, 6.45) is 0. The first kappa shape index (κ1) is 22.2. The largest absolute Gasteiger partial charge is 0.741 e. The quantitative estimate of drug-likeness (QED) is 0.299. The van der Waals surface area contributed by atoms with Gasteiger partial charge in [0.05, 0.1) is 6.66 Å². The van der Waals surface area contributed by atoms with Crippen LogP contribution in [0.4, 0.5) is 13.2 Å². The van der Waals surface area contributed by atoms with Gasteiger partial charge in [0.15, 0.2) is 20.7 Å². The maximum absolute atomic E-state index is 10.7. The van der Waals surface area contributed by atoms with E-state index >= 15 is 0 Å². The first-order chi connectivity index (χ1) is 14.1. The van der Waals surface area contributed by atoms with Crippen molar-refractivity contribution in [2.24, 2.45) is 0 Å². The highest BCUT2D eigenvalue weighted by Crippen LogP contribution is 2.90. The van der Waals surface area contributed by atoms with Gasteiger partial charge in [-0.3, -0.25) is 0 Å². The van der Waals surface area contributed by atoms with Gasteiger partial charge >= 0.3 is 5.51 Å². The van der Waals surface area contributed by atoms with E-state index in [4.69, 9.17) is 13.0 Å². The second-order valence-electron chi connectivity index (χ2n) is 6.67. The van der Waals surface area contributed by atoms with Gasteiger partial charge in [0.2, 0.25) is 0 Å². The highest BCUT2D eigenvalue weighted by Gasteiger charge is 2.62. The van der Waals surface area contributed by atoms with Crippen molar-refractivity contribution in [3.8, 4) is 0 Å². The van der Waals surface area contributed by atoms with Crippen molar-refractivity contribution in [1.29, 1.82) is 0 Å². The van der Waals surface area contributed by atoms with Crippen molar-refractivity contribution in [2.45, 2.75) is 5.51 Å². The van der Waals surface area contributed by atoms with Crippen LogP contribution in [0, 0.1) is 0 Å². The molecule has 0 N–H and O–H groups in total. The molecule has 0 aliphatic carbocycles. The van der Waals surface area contributed by atoms with E-state index in [-0.39, 0.29) is 0 Å². The Hall–Kier alpha value is -2.47. The Morgan fingerprint density at radius 3 is 1.30 bits per heavy atom. The Morgan fingerprint density at radius 2 is 1.00 bits per heavy atom. The third kappa shape index (κ3) is 4.48. The standard InChI is InChI=1S/C21H18P.CHF3O3S/c1-22(19-15-9-4-10-16-19)20(17-11-5-2-6-12-17)21(22)18-13-7-3-8-14-18;2-1(3,4)8(5,6)7/h2-16H,1H3;(H,5,6,7)/q+1;/p-1. The van der Waals surface area contributed by atoms with Gasteiger partial charge < -0.3 is 4.55 Å². The second-order valence-corrected chi connectivity index (χ2v) is 11.5. The molecular weight excluding hydrogens is 432 g/mol. The first-order valence-corrected chi connectivity index (χ1v) is 12.5. The van der Waals surface area contributed by atoms with Gasteiger partial charge in [-0.15, -0.1) is 0 Å². The molecule has 4 rings (SSSR count). The zero-order chi connectivity index (χ0) is 22.0. The summed E-state index contributed by atoms with van der Waals surface area (Å²) in [5.74, 6) is 0. The second kappa shape index (κ2) is 8.34. The molecule has 3 nitrogen and oxygen atoms in total. The van der Waals surface area contributed by atoms with Crippen LogP contribution in [0.3, 0.4) is 0 Å². The molecule has 0 unspecified atom stereocenters. The highest BCUT2D eigenvalue weighted by molar-refractivity contribution is 8.08. The third-order valence-electron chi connectivity index (χ3n) is 4.72. The molecule has 1 aliphatic rings. The number of rotatable bonds is 3. The van der Waals surface area contributed by atoms with Gasteiger partial charge in [0.25, 0.3) is 0 Å². The van der Waals surface area contributed by atoms with Crippen molar-refractivity contribution in [2.75, 3.05) is 6.66 Å². The summed E-state index contributed by atoms with van der Waals surface area (Å²) in [4.78, 5) is 0. The number of alkyl halides is 3. The highest BCUT2D eigenvalue weighted by atomic mass is 32.2. The topological polar surface area (TPSA) is 57.2 Å². The van der Waals surface area contributed by atoms with Crippen LogP contribution < -0.4 is 5.30 Å². The summed E-state index contributed by atoms with van der Waals surface area (Å²) in [5, 5.41) is 4.60. The van der Waals surface area contributed by atoms with Gasteiger partial charge in [-0.1, -0.05) is 78.9 Å². The molecule has 0 saturated heterocycles. The maximum Gasteiger partial charge on any atom is 0.485 e. The van der Waals surface area contributed by atoms with Gasteiger partial charge in [-0.2, -0.15) is 13.2 Å². The van der Waals surface area contributed by atoms with Gasteiger partial charge in [-0.25, -0.2) is 8.42 Å². The summed E-state index contributed by atoms with van der Waals surface area (Å²) in [5.41, 5.74) is -2.89. The summed E-state index contributed by atoms with van der Waals surface area (Å²) in [6.45, 7) is 2.45. The number of halogens is 3. The molecule has 0 aromatic heterocycles. The maximum atomic E-state index is 10.7. The summed E-state index contributed by atoms with van der Waals surface area (Å²) < 4.78 is 58.9. The van der Waals surface area contributed by atoms with E-state index in [1.165, 1.54) is 16.4 Å². The minimum Gasteiger partial charge on any atom is -0.741 e. The average Bonchev–Trinajstić information content (AvgIpc) is 3.36. The molecule has 3 aromatic rings. The van der Waals surface area contributed by atoms with Crippen LogP contribution >= 0.6 is 7.26 Å². The molecule has 8 heteroatoms. The predicted octanol–water partition coefficient (Wildman–Crippen LogP) is 5.55. The van der Waals surface area contributed by atoms with Crippen LogP contribution in [0.25, 0.3) is 10.6 Å². The molecule has 3 aromatic carbocycles. The zero-order valence-corrected chi connectivity index (χ0v) is 17.6. The summed E-state index contributed by atoms with van der Waals surface area (Å²) >= 11 is 0. The van der Waals surface area contributed by atoms with Crippen LogP contribution in [0.5, 0.6) is 0 Å². The smallest absolute Gasteiger partial charge is 0.485 e. The lowest BCUT2D eigenvalue weighted by atomic mass is 10.1. The monoisotopic (exact) mass is 450 g/mol. The lowest BCUT2D eigenvalue weighted by Gasteiger charge is -2.08. The van der Waals surface area contributed by atoms with Crippen molar-refractivity contribution < 1.29 is 26.1 Å². The molecule has 0 atom stereocenters. The Balaban J connectivity index is 0.000000275. The van der Waals surface area contributed by atoms with E-state index in [0.29, 0.717) is 0 Å². The van der Waals surface area contributed by atoms with Crippen LogP contribution in [0.1, 0.15) is 11.1 Å². The molecule has 0 saturated carbocycles. The summed E-state index contributed by atoms with van der Waals surface area (Å²) in [7, 11) is -7.44. The van der Waals surface area contributed by atoms with Crippen LogP contribution in [0.2, 0.25) is 0 Å². The van der Waals surface area contributed by atoms with Crippen molar-refractivity contribution >= 4 is 33.3 Å². The molecule has 1 aliphatic heterocycles. The predicted molar refractivity (Wildman–Crippen MR) is 114 cm³/mol. The Morgan fingerprint density at radius 1 is 0.700 bits per heavy atom. The molecule has 156 valence electrons. The van der Waals surface area contributed by atoms with Crippen molar-refractivity contribution in [3.63, 3.8) is 0 Å². The summed E-state index contributed by atoms with van der Waals surface area (Å²) in [6, 6.07) is 32.7. The van der Waals surface area contributed by atoms with Crippen LogP contribution in [-0.2, 0) is 10.1 Å². The van der Waals surface area contributed by atoms with E-state index < -0.39 is 22.9 Å². The molecular formula is C22H18F3O3PS. The Bertz CT molecular complexity index is 1090. The van der Waals surface area contributed by atoms with E-state index in [0.717, 1.165) is 0 Å². The van der Waals surface area contributed by atoms with E-state index in [2.05, 4.69) is 97.7 Å². The molecule has 0 radical (unpaired) electrons. The molecule has 0 fully saturated rings. The Kier molecular flexibility index (Phi) is 6.18. The van der Waals surface area contributed by atoms with Crippen LogP contribution in [-0.4, -0.2) is 25.1 Å². The molecule has 0 spiro atoms. The van der Waals surface area contributed by atoms with Crippen LogP contribution in [0.15, 0.2) is 91.0 Å². The normalized spacial score (nSPS) is 15.2. The van der Waals surface area contributed by atoms with E-state index in [9.17, 15) is 13.2 Å². The van der Waals surface area contributed by atoms with Gasteiger partial charge in [0, 0.05) is 11.1 Å². The van der Waals surface area contributed by atoms with Gasteiger partial charge in [-0.05, 0) is 12.1 Å².